The highest BCUT2D eigenvalue weighted by Gasteiger charge is 2.35. The maximum Gasteiger partial charge on any atom is 0.0648 e. The molecule has 4 rings (SSSR count). The number of pyridine rings is 1. The highest BCUT2D eigenvalue weighted by Crippen LogP contribution is 2.43. The number of nitrogens with zero attached hydrogens (tertiary/aromatic N) is 2. The molecule has 1 atom stereocenters. The fourth-order valence-electron chi connectivity index (χ4n) is 4.05. The van der Waals surface area contributed by atoms with E-state index in [4.69, 9.17) is 0 Å². The summed E-state index contributed by atoms with van der Waals surface area (Å²) in [5, 5.41) is 1.33. The Bertz CT molecular complexity index is 1080. The van der Waals surface area contributed by atoms with Crippen molar-refractivity contribution < 1.29 is 0 Å². The third-order valence-electron chi connectivity index (χ3n) is 6.01. The third kappa shape index (κ3) is 3.37. The van der Waals surface area contributed by atoms with Crippen LogP contribution in [0.4, 0.5) is 0 Å². The van der Waals surface area contributed by atoms with E-state index in [-0.39, 0.29) is 5.41 Å². The lowest BCUT2D eigenvalue weighted by Crippen LogP contribution is -2.30. The Balaban J connectivity index is 1.90. The maximum atomic E-state index is 4.53. The van der Waals surface area contributed by atoms with E-state index in [1.54, 1.807) is 0 Å². The predicted molar refractivity (Wildman–Crippen MR) is 126 cm³/mol. The lowest BCUT2D eigenvalue weighted by atomic mass is 9.68. The fourth-order valence-corrected chi connectivity index (χ4v) is 4.41. The Labute approximate surface area is 180 Å². The average Bonchev–Trinajstić information content (AvgIpc) is 3.07. The zero-order valence-electron chi connectivity index (χ0n) is 16.6. The maximum absolute atomic E-state index is 4.53. The van der Waals surface area contributed by atoms with Gasteiger partial charge in [0, 0.05) is 32.3 Å². The number of fused-ring (bicyclic) bond motifs is 1. The van der Waals surface area contributed by atoms with Crippen LogP contribution in [-0.2, 0) is 12.0 Å². The summed E-state index contributed by atoms with van der Waals surface area (Å²) in [5.41, 5.74) is 5.02. The first-order valence-corrected chi connectivity index (χ1v) is 10.8. The molecular weight excluding hydrogens is 455 g/mol. The van der Waals surface area contributed by atoms with Gasteiger partial charge in [0.15, 0.2) is 0 Å². The normalized spacial score (nSPS) is 13.8. The van der Waals surface area contributed by atoms with Gasteiger partial charge in [-0.05, 0) is 70.0 Å². The summed E-state index contributed by atoms with van der Waals surface area (Å²) in [5.74, 6) is 0.460. The first-order valence-electron chi connectivity index (χ1n) is 9.74. The van der Waals surface area contributed by atoms with E-state index in [1.165, 1.54) is 25.6 Å². The summed E-state index contributed by atoms with van der Waals surface area (Å²) in [7, 11) is 0. The van der Waals surface area contributed by atoms with Crippen LogP contribution in [0.5, 0.6) is 0 Å². The minimum Gasteiger partial charge on any atom is -0.341 e. The number of halogens is 1. The van der Waals surface area contributed by atoms with Gasteiger partial charge in [0.1, 0.15) is 0 Å². The Morgan fingerprint density at radius 3 is 2.36 bits per heavy atom. The van der Waals surface area contributed by atoms with E-state index in [0.717, 1.165) is 12.2 Å². The van der Waals surface area contributed by atoms with Gasteiger partial charge in [0.2, 0.25) is 0 Å². The molecule has 0 radical (unpaired) electrons. The van der Waals surface area contributed by atoms with Crippen LogP contribution >= 0.6 is 22.6 Å². The first kappa shape index (κ1) is 19.2. The van der Waals surface area contributed by atoms with E-state index in [1.807, 2.05) is 12.3 Å². The van der Waals surface area contributed by atoms with Gasteiger partial charge >= 0.3 is 0 Å². The fraction of sp³-hybridized carbons (Fsp3) is 0.240. The van der Waals surface area contributed by atoms with Crippen LogP contribution in [-0.4, -0.2) is 9.55 Å². The molecule has 0 aliphatic rings. The summed E-state index contributed by atoms with van der Waals surface area (Å²) in [6.45, 7) is 7.81. The summed E-state index contributed by atoms with van der Waals surface area (Å²) in [4.78, 5) is 4.53. The van der Waals surface area contributed by atoms with Crippen LogP contribution in [0.3, 0.4) is 0 Å². The smallest absolute Gasteiger partial charge is 0.0648 e. The molecule has 2 aromatic heterocycles. The molecule has 1 unspecified atom stereocenters. The van der Waals surface area contributed by atoms with Gasteiger partial charge in [-0.3, -0.25) is 4.98 Å². The third-order valence-corrected chi connectivity index (χ3v) is 6.72. The van der Waals surface area contributed by atoms with E-state index in [2.05, 4.69) is 120 Å². The quantitative estimate of drug-likeness (QED) is 0.293. The second-order valence-electron chi connectivity index (χ2n) is 7.87. The molecule has 142 valence electrons. The molecule has 0 aliphatic heterocycles. The summed E-state index contributed by atoms with van der Waals surface area (Å²) < 4.78 is 3.62. The van der Waals surface area contributed by atoms with Crippen molar-refractivity contribution in [1.82, 2.24) is 9.55 Å². The van der Waals surface area contributed by atoms with Crippen molar-refractivity contribution in [3.8, 4) is 0 Å². The summed E-state index contributed by atoms with van der Waals surface area (Å²) in [6.07, 6.45) is 4.21. The lowest BCUT2D eigenvalue weighted by Gasteiger charge is -2.35. The zero-order chi connectivity index (χ0) is 19.7. The zero-order valence-corrected chi connectivity index (χ0v) is 18.7. The molecule has 0 amide bonds. The molecule has 0 N–H and O–H groups in total. The molecule has 28 heavy (non-hydrogen) atoms. The topological polar surface area (TPSA) is 17.8 Å². The largest absolute Gasteiger partial charge is 0.341 e. The Kier molecular flexibility index (Phi) is 5.28. The van der Waals surface area contributed by atoms with E-state index in [9.17, 15) is 0 Å². The van der Waals surface area contributed by atoms with Crippen molar-refractivity contribution in [3.05, 3.63) is 99.5 Å². The average molecular weight is 480 g/mol. The predicted octanol–water partition coefficient (Wildman–Crippen LogP) is 6.65. The number of hydrogen-bond donors (Lipinski definition) is 0. The number of benzene rings is 2. The highest BCUT2D eigenvalue weighted by molar-refractivity contribution is 14.1. The van der Waals surface area contributed by atoms with Crippen LogP contribution in [0.1, 0.15) is 37.6 Å². The number of para-hydroxylation sites is 1. The second-order valence-corrected chi connectivity index (χ2v) is 9.12. The molecule has 0 spiro atoms. The number of hydrogen-bond acceptors (Lipinski definition) is 1. The van der Waals surface area contributed by atoms with Crippen molar-refractivity contribution in [2.24, 2.45) is 5.92 Å². The van der Waals surface area contributed by atoms with Crippen LogP contribution in [0.25, 0.3) is 10.9 Å². The van der Waals surface area contributed by atoms with Gasteiger partial charge in [0.05, 0.1) is 12.2 Å². The molecule has 2 heterocycles. The molecule has 3 heteroatoms. The van der Waals surface area contributed by atoms with Gasteiger partial charge in [0.25, 0.3) is 0 Å². The molecule has 0 aliphatic carbocycles. The summed E-state index contributed by atoms with van der Waals surface area (Å²) in [6, 6.07) is 23.9. The van der Waals surface area contributed by atoms with Crippen LogP contribution < -0.4 is 0 Å². The molecule has 0 saturated carbocycles. The lowest BCUT2D eigenvalue weighted by molar-refractivity contribution is 0.407. The van der Waals surface area contributed by atoms with Crippen LogP contribution in [0.15, 0.2) is 79.1 Å². The van der Waals surface area contributed by atoms with Gasteiger partial charge < -0.3 is 4.57 Å². The van der Waals surface area contributed by atoms with Crippen molar-refractivity contribution in [3.63, 3.8) is 0 Å². The van der Waals surface area contributed by atoms with Gasteiger partial charge in [-0.2, -0.15) is 0 Å². The molecule has 0 bridgehead atoms. The molecule has 0 saturated heterocycles. The molecular formula is C25H25IN2. The van der Waals surface area contributed by atoms with Crippen molar-refractivity contribution in [2.75, 3.05) is 0 Å². The van der Waals surface area contributed by atoms with Crippen LogP contribution in [0.2, 0.25) is 0 Å². The van der Waals surface area contributed by atoms with Crippen molar-refractivity contribution in [1.29, 1.82) is 0 Å². The Morgan fingerprint density at radius 1 is 0.964 bits per heavy atom. The number of rotatable bonds is 5. The minimum absolute atomic E-state index is 0.0701. The van der Waals surface area contributed by atoms with Crippen LogP contribution in [0, 0.1) is 9.49 Å². The Morgan fingerprint density at radius 2 is 1.68 bits per heavy atom. The Hall–Kier alpha value is -2.14. The molecule has 4 aromatic rings. The van der Waals surface area contributed by atoms with Crippen molar-refractivity contribution in [2.45, 2.75) is 32.7 Å². The van der Waals surface area contributed by atoms with Gasteiger partial charge in [-0.15, -0.1) is 0 Å². The monoisotopic (exact) mass is 480 g/mol. The van der Waals surface area contributed by atoms with E-state index in [0.29, 0.717) is 5.92 Å². The van der Waals surface area contributed by atoms with E-state index < -0.39 is 0 Å². The molecule has 2 aromatic carbocycles. The highest BCUT2D eigenvalue weighted by atomic mass is 127. The number of aromatic nitrogens is 2. The van der Waals surface area contributed by atoms with Gasteiger partial charge in [-0.25, -0.2) is 0 Å². The molecule has 2 nitrogen and oxygen atoms in total. The van der Waals surface area contributed by atoms with E-state index >= 15 is 0 Å². The summed E-state index contributed by atoms with van der Waals surface area (Å²) >= 11 is 2.38. The van der Waals surface area contributed by atoms with Gasteiger partial charge in [-0.1, -0.05) is 57.2 Å². The van der Waals surface area contributed by atoms with Crippen molar-refractivity contribution >= 4 is 33.5 Å². The first-order chi connectivity index (χ1) is 13.5. The standard InChI is InChI=1S/C25H25IN2/c1-18(2)25(3,19-11-13-20(26)14-12-19)23-17-28(16-21-8-6-7-15-27-21)24-10-5-4-9-22(23)24/h4-15,17-18H,16H2,1-3H3. The molecule has 0 fully saturated rings. The minimum atomic E-state index is -0.0701. The SMILES string of the molecule is CC(C)C(C)(c1ccc(I)cc1)c1cn(Cc2ccccn2)c2ccccc12. The second kappa shape index (κ2) is 7.70.